The Balaban J connectivity index is 1.43. The SMILES string of the molecule is O=C(NN1C(=O)C2C3c4ccccc4C(c4ccccc43)C2C1=O)c1ccccc1Cl. The molecule has 1 N–H and O–H groups in total. The Kier molecular flexibility index (Phi) is 3.86. The molecule has 5 nitrogen and oxygen atoms in total. The average molecular weight is 429 g/mol. The third kappa shape index (κ3) is 2.41. The van der Waals surface area contributed by atoms with Crippen molar-refractivity contribution in [1.82, 2.24) is 10.4 Å². The van der Waals surface area contributed by atoms with Crippen LogP contribution in [0.5, 0.6) is 0 Å². The second-order valence-corrected chi connectivity index (χ2v) is 8.60. The van der Waals surface area contributed by atoms with E-state index in [1.807, 2.05) is 48.5 Å². The predicted octanol–water partition coefficient (Wildman–Crippen LogP) is 3.88. The van der Waals surface area contributed by atoms with Crippen molar-refractivity contribution >= 4 is 29.3 Å². The molecule has 3 amide bonds. The van der Waals surface area contributed by atoms with Crippen LogP contribution in [-0.2, 0) is 9.59 Å². The van der Waals surface area contributed by atoms with Crippen LogP contribution in [0.15, 0.2) is 72.8 Å². The van der Waals surface area contributed by atoms with E-state index in [-0.39, 0.29) is 34.2 Å². The summed E-state index contributed by atoms with van der Waals surface area (Å²) < 4.78 is 0. The van der Waals surface area contributed by atoms with Gasteiger partial charge in [-0.3, -0.25) is 19.8 Å². The number of nitrogens with zero attached hydrogens (tertiary/aromatic N) is 1. The van der Waals surface area contributed by atoms with Crippen molar-refractivity contribution in [2.45, 2.75) is 11.8 Å². The molecule has 0 spiro atoms. The molecule has 4 aliphatic rings. The third-order valence-corrected chi connectivity index (χ3v) is 7.11. The van der Waals surface area contributed by atoms with E-state index in [4.69, 9.17) is 11.6 Å². The van der Waals surface area contributed by atoms with Crippen molar-refractivity contribution in [2.24, 2.45) is 11.8 Å². The number of nitrogens with one attached hydrogen (secondary N) is 1. The molecule has 0 saturated carbocycles. The number of hydrogen-bond acceptors (Lipinski definition) is 3. The van der Waals surface area contributed by atoms with Crippen LogP contribution in [0.3, 0.4) is 0 Å². The average Bonchev–Trinajstić information content (AvgIpc) is 3.05. The summed E-state index contributed by atoms with van der Waals surface area (Å²) in [6, 6.07) is 22.6. The van der Waals surface area contributed by atoms with Crippen LogP contribution < -0.4 is 5.43 Å². The molecule has 3 aromatic carbocycles. The molecule has 1 aliphatic heterocycles. The van der Waals surface area contributed by atoms with Crippen molar-refractivity contribution in [2.75, 3.05) is 0 Å². The number of rotatable bonds is 2. The molecule has 1 heterocycles. The number of halogens is 1. The second kappa shape index (κ2) is 6.53. The van der Waals surface area contributed by atoms with E-state index in [0.29, 0.717) is 0 Å². The summed E-state index contributed by atoms with van der Waals surface area (Å²) in [5.74, 6) is -2.79. The van der Waals surface area contributed by atoms with Crippen LogP contribution in [-0.4, -0.2) is 22.7 Å². The Morgan fingerprint density at radius 3 is 1.58 bits per heavy atom. The van der Waals surface area contributed by atoms with E-state index in [2.05, 4.69) is 5.43 Å². The van der Waals surface area contributed by atoms with E-state index in [9.17, 15) is 14.4 Å². The van der Waals surface area contributed by atoms with Crippen LogP contribution in [0.25, 0.3) is 0 Å². The number of carbonyl (C=O) groups excluding carboxylic acids is 3. The fourth-order valence-electron chi connectivity index (χ4n) is 5.59. The lowest BCUT2D eigenvalue weighted by molar-refractivity contribution is -0.142. The molecule has 7 rings (SSSR count). The second-order valence-electron chi connectivity index (χ2n) is 8.20. The molecule has 2 unspecified atom stereocenters. The van der Waals surface area contributed by atoms with Gasteiger partial charge < -0.3 is 0 Å². The molecule has 31 heavy (non-hydrogen) atoms. The standard InChI is InChI=1S/C25H17ClN2O3/c26-18-12-6-5-11-17(18)23(29)27-28-24(30)21-19-13-7-1-2-8-14(13)20(22(21)25(28)31)16-10-4-3-9-15(16)19/h1-12,19-22H,(H,27,29). The Bertz CT molecular complexity index is 1170. The van der Waals surface area contributed by atoms with Gasteiger partial charge in [0.25, 0.3) is 17.7 Å². The van der Waals surface area contributed by atoms with Gasteiger partial charge in [-0.05, 0) is 34.4 Å². The van der Waals surface area contributed by atoms with Crippen LogP contribution in [0.4, 0.5) is 0 Å². The molecule has 0 radical (unpaired) electrons. The monoisotopic (exact) mass is 428 g/mol. The Labute approximate surface area is 183 Å². The first-order valence-corrected chi connectivity index (χ1v) is 10.6. The first kappa shape index (κ1) is 18.3. The zero-order chi connectivity index (χ0) is 21.3. The highest BCUT2D eigenvalue weighted by atomic mass is 35.5. The normalized spacial score (nSPS) is 25.1. The largest absolute Gasteiger partial charge is 0.272 e. The predicted molar refractivity (Wildman–Crippen MR) is 114 cm³/mol. The molecule has 0 aromatic heterocycles. The minimum absolute atomic E-state index is 0.207. The Hall–Kier alpha value is -3.44. The van der Waals surface area contributed by atoms with Gasteiger partial charge in [-0.2, -0.15) is 5.01 Å². The zero-order valence-corrected chi connectivity index (χ0v) is 17.0. The summed E-state index contributed by atoms with van der Waals surface area (Å²) in [5, 5.41) is 1.18. The van der Waals surface area contributed by atoms with E-state index in [1.165, 1.54) is 0 Å². The van der Waals surface area contributed by atoms with Crippen molar-refractivity contribution in [3.05, 3.63) is 106 Å². The van der Waals surface area contributed by atoms with Gasteiger partial charge in [-0.25, -0.2) is 0 Å². The molecule has 1 fully saturated rings. The lowest BCUT2D eigenvalue weighted by atomic mass is 9.55. The highest BCUT2D eigenvalue weighted by Gasteiger charge is 2.62. The molecule has 2 bridgehead atoms. The van der Waals surface area contributed by atoms with Crippen molar-refractivity contribution in [1.29, 1.82) is 0 Å². The molecule has 3 aliphatic carbocycles. The van der Waals surface area contributed by atoms with Crippen LogP contribution >= 0.6 is 11.6 Å². The number of carbonyl (C=O) groups is 3. The number of benzene rings is 3. The number of hydrogen-bond donors (Lipinski definition) is 1. The zero-order valence-electron chi connectivity index (χ0n) is 16.3. The highest BCUT2D eigenvalue weighted by Crippen LogP contribution is 2.60. The Morgan fingerprint density at radius 2 is 1.13 bits per heavy atom. The summed E-state index contributed by atoms with van der Waals surface area (Å²) in [6.45, 7) is 0. The number of imide groups is 1. The molecule has 1 saturated heterocycles. The van der Waals surface area contributed by atoms with Crippen LogP contribution in [0.1, 0.15) is 44.4 Å². The lowest BCUT2D eigenvalue weighted by Gasteiger charge is -2.45. The molecule has 2 atom stereocenters. The van der Waals surface area contributed by atoms with E-state index >= 15 is 0 Å². The van der Waals surface area contributed by atoms with Gasteiger partial charge in [0.05, 0.1) is 22.4 Å². The Morgan fingerprint density at radius 1 is 0.710 bits per heavy atom. The number of hydrazine groups is 1. The van der Waals surface area contributed by atoms with Gasteiger partial charge in [-0.1, -0.05) is 72.3 Å². The highest BCUT2D eigenvalue weighted by molar-refractivity contribution is 6.33. The first-order chi connectivity index (χ1) is 15.1. The molecule has 6 heteroatoms. The first-order valence-electron chi connectivity index (χ1n) is 10.2. The molecular weight excluding hydrogens is 412 g/mol. The topological polar surface area (TPSA) is 66.5 Å². The van der Waals surface area contributed by atoms with Crippen molar-refractivity contribution < 1.29 is 14.4 Å². The maximum atomic E-state index is 13.5. The van der Waals surface area contributed by atoms with Crippen molar-refractivity contribution in [3.8, 4) is 0 Å². The lowest BCUT2D eigenvalue weighted by Crippen LogP contribution is -2.46. The minimum atomic E-state index is -0.576. The summed E-state index contributed by atoms with van der Waals surface area (Å²) in [7, 11) is 0. The fraction of sp³-hybridized carbons (Fsp3) is 0.160. The fourth-order valence-corrected chi connectivity index (χ4v) is 5.82. The van der Waals surface area contributed by atoms with E-state index in [1.54, 1.807) is 24.3 Å². The van der Waals surface area contributed by atoms with Gasteiger partial charge in [0.1, 0.15) is 0 Å². The number of amides is 3. The van der Waals surface area contributed by atoms with Gasteiger partial charge in [0.15, 0.2) is 0 Å². The maximum Gasteiger partial charge on any atom is 0.271 e. The van der Waals surface area contributed by atoms with E-state index in [0.717, 1.165) is 27.3 Å². The maximum absolute atomic E-state index is 13.5. The van der Waals surface area contributed by atoms with Gasteiger partial charge in [0, 0.05) is 11.8 Å². The van der Waals surface area contributed by atoms with E-state index < -0.39 is 17.7 Å². The molecular formula is C25H17ClN2O3. The summed E-state index contributed by atoms with van der Waals surface area (Å²) >= 11 is 6.13. The van der Waals surface area contributed by atoms with Crippen molar-refractivity contribution in [3.63, 3.8) is 0 Å². The minimum Gasteiger partial charge on any atom is -0.272 e. The smallest absolute Gasteiger partial charge is 0.271 e. The summed E-state index contributed by atoms with van der Waals surface area (Å²) in [5.41, 5.74) is 7.10. The van der Waals surface area contributed by atoms with Gasteiger partial charge in [-0.15, -0.1) is 0 Å². The van der Waals surface area contributed by atoms with Crippen LogP contribution in [0.2, 0.25) is 5.02 Å². The molecule has 152 valence electrons. The molecule has 3 aromatic rings. The van der Waals surface area contributed by atoms with Gasteiger partial charge in [0.2, 0.25) is 0 Å². The van der Waals surface area contributed by atoms with Gasteiger partial charge >= 0.3 is 0 Å². The summed E-state index contributed by atoms with van der Waals surface area (Å²) in [6.07, 6.45) is 0. The summed E-state index contributed by atoms with van der Waals surface area (Å²) in [4.78, 5) is 39.7. The third-order valence-electron chi connectivity index (χ3n) is 6.78. The van der Waals surface area contributed by atoms with Crippen LogP contribution in [0, 0.1) is 11.8 Å². The quantitative estimate of drug-likeness (QED) is 0.630.